The third-order valence-corrected chi connectivity index (χ3v) is 2.24. The summed E-state index contributed by atoms with van der Waals surface area (Å²) in [5.74, 6) is -1.34. The molecule has 1 fully saturated rings. The molecule has 0 aromatic carbocycles. The Balaban J connectivity index is 0.00000144. The van der Waals surface area contributed by atoms with E-state index in [1.54, 1.807) is 0 Å². The molecule has 13 heavy (non-hydrogen) atoms. The minimum atomic E-state index is -1.86. The van der Waals surface area contributed by atoms with Crippen LogP contribution in [0.5, 0.6) is 0 Å². The van der Waals surface area contributed by atoms with E-state index in [0.29, 0.717) is 0 Å². The van der Waals surface area contributed by atoms with E-state index in [0.717, 1.165) is 0 Å². The van der Waals surface area contributed by atoms with Crippen LogP contribution in [0.25, 0.3) is 0 Å². The molecule has 0 spiro atoms. The largest absolute Gasteiger partial charge is 0.479 e. The van der Waals surface area contributed by atoms with E-state index >= 15 is 0 Å². The monoisotopic (exact) mass is 256 g/mol. The third-order valence-electron chi connectivity index (χ3n) is 2.24. The van der Waals surface area contributed by atoms with Gasteiger partial charge in [-0.25, -0.2) is 4.79 Å². The summed E-state index contributed by atoms with van der Waals surface area (Å²) in [5, 5.41) is 36.1. The number of carbonyl (C=O) groups is 1. The normalized spacial score (nSPS) is 39.3. The smallest absolute Gasteiger partial charge is 0.335 e. The van der Waals surface area contributed by atoms with Crippen molar-refractivity contribution in [1.29, 1.82) is 0 Å². The second-order valence-corrected chi connectivity index (χ2v) is 3.21. The molecule has 0 aliphatic heterocycles. The second-order valence-electron chi connectivity index (χ2n) is 3.21. The van der Waals surface area contributed by atoms with Crippen LogP contribution in [0.1, 0.15) is 19.3 Å². The van der Waals surface area contributed by atoms with Crippen LogP contribution in [0, 0.1) is 0 Å². The molecule has 0 saturated heterocycles. The predicted molar refractivity (Wildman–Crippen MR) is 44.2 cm³/mol. The van der Waals surface area contributed by atoms with Gasteiger partial charge in [-0.2, -0.15) is 0 Å². The number of carboxylic acid groups (broad SMARTS) is 1. The maximum absolute atomic E-state index is 10.5. The number of hydrogen-bond donors (Lipinski definition) is 4. The van der Waals surface area contributed by atoms with Gasteiger partial charge >= 0.3 is 5.97 Å². The van der Waals surface area contributed by atoms with Crippen molar-refractivity contribution in [3.8, 4) is 0 Å². The summed E-state index contributed by atoms with van der Waals surface area (Å²) >= 11 is 0. The Bertz CT molecular complexity index is 197. The fraction of sp³-hybridized carbons (Fsp3) is 0.857. The summed E-state index contributed by atoms with van der Waals surface area (Å²) in [4.78, 5) is 10.5. The van der Waals surface area contributed by atoms with Gasteiger partial charge in [-0.3, -0.25) is 0 Å². The van der Waals surface area contributed by atoms with Gasteiger partial charge in [0.25, 0.3) is 0 Å². The Morgan fingerprint density at radius 2 is 1.85 bits per heavy atom. The fourth-order valence-corrected chi connectivity index (χ4v) is 1.36. The van der Waals surface area contributed by atoms with Crippen LogP contribution in [-0.4, -0.2) is 61.3 Å². The van der Waals surface area contributed by atoms with Gasteiger partial charge < -0.3 is 20.4 Å². The zero-order chi connectivity index (χ0) is 9.35. The molecule has 5 nitrogen and oxygen atoms in total. The van der Waals surface area contributed by atoms with Crippen LogP contribution >= 0.6 is 0 Å². The van der Waals surface area contributed by atoms with Crippen molar-refractivity contribution in [3.05, 3.63) is 0 Å². The molecule has 3 unspecified atom stereocenters. The number of hydrogen-bond acceptors (Lipinski definition) is 4. The number of aliphatic carboxylic acids is 1. The molecule has 0 aromatic rings. The van der Waals surface area contributed by atoms with E-state index in [9.17, 15) is 9.90 Å². The quantitative estimate of drug-likeness (QED) is 0.420. The Labute approximate surface area is 85.9 Å². The van der Waals surface area contributed by atoms with Gasteiger partial charge in [-0.15, -0.1) is 0 Å². The zero-order valence-electron chi connectivity index (χ0n) is 6.88. The maximum Gasteiger partial charge on any atom is 0.335 e. The van der Waals surface area contributed by atoms with E-state index in [2.05, 4.69) is 0 Å². The molecule has 1 aliphatic rings. The average molecular weight is 255 g/mol. The first-order chi connectivity index (χ1) is 5.46. The molecule has 2 radical (unpaired) electrons. The van der Waals surface area contributed by atoms with Crippen molar-refractivity contribution in [1.82, 2.24) is 0 Å². The first-order valence-electron chi connectivity index (χ1n) is 3.77. The standard InChI is InChI=1S/C7H12O5.Se/c8-4-1-2-7(12,6(10)11)3-5(4)9;/h4-5,8-9,12H,1-3H2,(H,10,11);. The number of rotatable bonds is 1. The minimum absolute atomic E-state index is 0. The molecule has 0 amide bonds. The molecule has 0 aromatic heterocycles. The van der Waals surface area contributed by atoms with Gasteiger partial charge in [-0.05, 0) is 12.8 Å². The number of aliphatic hydroxyl groups is 3. The summed E-state index contributed by atoms with van der Waals surface area (Å²) in [6.45, 7) is 0. The number of aliphatic hydroxyl groups excluding tert-OH is 2. The molecule has 4 N–H and O–H groups in total. The predicted octanol–water partition coefficient (Wildman–Crippen LogP) is -1.67. The molecule has 1 aliphatic carbocycles. The summed E-state index contributed by atoms with van der Waals surface area (Å²) in [6, 6.07) is 0. The molecular weight excluding hydrogens is 243 g/mol. The van der Waals surface area contributed by atoms with Gasteiger partial charge in [0.15, 0.2) is 5.60 Å². The maximum atomic E-state index is 10.5. The van der Waals surface area contributed by atoms with Gasteiger partial charge in [0.1, 0.15) is 0 Å². The van der Waals surface area contributed by atoms with Crippen molar-refractivity contribution in [3.63, 3.8) is 0 Å². The van der Waals surface area contributed by atoms with Crippen LogP contribution < -0.4 is 0 Å². The molecule has 6 heteroatoms. The van der Waals surface area contributed by atoms with E-state index in [4.69, 9.17) is 15.3 Å². The van der Waals surface area contributed by atoms with Crippen LogP contribution in [0.3, 0.4) is 0 Å². The first kappa shape index (κ1) is 12.9. The van der Waals surface area contributed by atoms with E-state index in [1.165, 1.54) is 0 Å². The first-order valence-corrected chi connectivity index (χ1v) is 3.77. The summed E-state index contributed by atoms with van der Waals surface area (Å²) in [7, 11) is 0. The van der Waals surface area contributed by atoms with Crippen LogP contribution in [0.2, 0.25) is 0 Å². The van der Waals surface area contributed by atoms with Crippen molar-refractivity contribution < 1.29 is 25.2 Å². The van der Waals surface area contributed by atoms with E-state index < -0.39 is 23.8 Å². The molecule has 1 saturated carbocycles. The van der Waals surface area contributed by atoms with E-state index in [-0.39, 0.29) is 36.3 Å². The molecular formula is C7H12O5Se. The SMILES string of the molecule is O=C(O)C1(O)CCC(O)C(O)C1.[Se]. The zero-order valence-corrected chi connectivity index (χ0v) is 8.59. The topological polar surface area (TPSA) is 98.0 Å². The van der Waals surface area contributed by atoms with Crippen molar-refractivity contribution >= 4 is 23.0 Å². The van der Waals surface area contributed by atoms with Gasteiger partial charge in [0, 0.05) is 23.5 Å². The molecule has 0 heterocycles. The summed E-state index contributed by atoms with van der Waals surface area (Å²) in [5.41, 5.74) is -1.86. The second kappa shape index (κ2) is 4.39. The van der Waals surface area contributed by atoms with Crippen LogP contribution in [0.15, 0.2) is 0 Å². The summed E-state index contributed by atoms with van der Waals surface area (Å²) < 4.78 is 0. The van der Waals surface area contributed by atoms with Crippen molar-refractivity contribution in [2.75, 3.05) is 0 Å². The van der Waals surface area contributed by atoms with Gasteiger partial charge in [0.2, 0.25) is 0 Å². The molecule has 1 rings (SSSR count). The van der Waals surface area contributed by atoms with Crippen LogP contribution in [-0.2, 0) is 4.79 Å². The summed E-state index contributed by atoms with van der Waals surface area (Å²) in [6.07, 6.45) is -2.25. The van der Waals surface area contributed by atoms with Crippen molar-refractivity contribution in [2.45, 2.75) is 37.1 Å². The Kier molecular flexibility index (Phi) is 4.35. The Morgan fingerprint density at radius 1 is 1.31 bits per heavy atom. The van der Waals surface area contributed by atoms with Gasteiger partial charge in [0.05, 0.1) is 12.2 Å². The minimum Gasteiger partial charge on any atom is -0.479 e. The molecule has 76 valence electrons. The fourth-order valence-electron chi connectivity index (χ4n) is 1.36. The Morgan fingerprint density at radius 3 is 2.23 bits per heavy atom. The molecule has 3 atom stereocenters. The number of carboxylic acids is 1. The average Bonchev–Trinajstić information content (AvgIpc) is 1.97. The van der Waals surface area contributed by atoms with Crippen LogP contribution in [0.4, 0.5) is 0 Å². The third kappa shape index (κ3) is 2.65. The Hall–Kier alpha value is -0.131. The van der Waals surface area contributed by atoms with Crippen molar-refractivity contribution in [2.24, 2.45) is 0 Å². The van der Waals surface area contributed by atoms with E-state index in [1.807, 2.05) is 0 Å². The van der Waals surface area contributed by atoms with Gasteiger partial charge in [-0.1, -0.05) is 0 Å². The molecule has 0 bridgehead atoms.